The maximum absolute atomic E-state index is 13.2. The Kier molecular flexibility index (Phi) is 4.69. The number of hydrogen-bond donors (Lipinski definition) is 1. The highest BCUT2D eigenvalue weighted by Gasteiger charge is 2.03. The molecule has 0 fully saturated rings. The molecule has 1 atom stereocenters. The molecular weight excluding hydrogens is 237 g/mol. The Balaban J connectivity index is 2.10. The molecule has 0 saturated heterocycles. The van der Waals surface area contributed by atoms with E-state index in [0.717, 1.165) is 24.1 Å². The van der Waals surface area contributed by atoms with E-state index in [4.69, 9.17) is 0 Å². The molecule has 2 aromatic rings. The summed E-state index contributed by atoms with van der Waals surface area (Å²) >= 11 is 0. The number of nitrogens with one attached hydrogen (secondary N) is 1. The molecule has 0 bridgehead atoms. The van der Waals surface area contributed by atoms with Gasteiger partial charge in [-0.2, -0.15) is 0 Å². The third kappa shape index (κ3) is 3.90. The molecule has 0 aliphatic heterocycles. The largest absolute Gasteiger partial charge is 0.314 e. The van der Waals surface area contributed by atoms with Crippen LogP contribution >= 0.6 is 0 Å². The van der Waals surface area contributed by atoms with Crippen molar-refractivity contribution in [2.24, 2.45) is 0 Å². The average molecular weight is 257 g/mol. The first-order chi connectivity index (χ1) is 9.19. The smallest absolute Gasteiger partial charge is 0.123 e. The maximum Gasteiger partial charge on any atom is 0.123 e. The fourth-order valence-electron chi connectivity index (χ4n) is 2.28. The lowest BCUT2D eigenvalue weighted by atomic mass is 10.0. The van der Waals surface area contributed by atoms with Gasteiger partial charge in [-0.15, -0.1) is 0 Å². The van der Waals surface area contributed by atoms with Gasteiger partial charge < -0.3 is 5.32 Å². The monoisotopic (exact) mass is 257 g/mol. The van der Waals surface area contributed by atoms with E-state index in [1.807, 2.05) is 6.07 Å². The predicted molar refractivity (Wildman–Crippen MR) is 78.7 cm³/mol. The summed E-state index contributed by atoms with van der Waals surface area (Å²) in [7, 11) is 0. The van der Waals surface area contributed by atoms with Crippen LogP contribution < -0.4 is 5.32 Å². The van der Waals surface area contributed by atoms with Crippen molar-refractivity contribution in [3.05, 3.63) is 59.9 Å². The zero-order valence-corrected chi connectivity index (χ0v) is 11.5. The number of rotatable bonds is 5. The van der Waals surface area contributed by atoms with Gasteiger partial charge >= 0.3 is 0 Å². The zero-order valence-electron chi connectivity index (χ0n) is 11.5. The second-order valence-corrected chi connectivity index (χ2v) is 4.87. The predicted octanol–water partition coefficient (Wildman–Crippen LogP) is 4.03. The fraction of sp³-hybridized carbons (Fsp3) is 0.294. The molecule has 0 radical (unpaired) electrons. The van der Waals surface area contributed by atoms with E-state index in [-0.39, 0.29) is 5.82 Å². The Morgan fingerprint density at radius 3 is 2.42 bits per heavy atom. The minimum atomic E-state index is -0.192. The Bertz CT molecular complexity index is 519. The second kappa shape index (κ2) is 6.48. The summed E-state index contributed by atoms with van der Waals surface area (Å²) in [6.45, 7) is 5.29. The Hall–Kier alpha value is -1.67. The molecule has 0 aromatic heterocycles. The Morgan fingerprint density at radius 1 is 1.05 bits per heavy atom. The van der Waals surface area contributed by atoms with Gasteiger partial charge in [0, 0.05) is 6.04 Å². The van der Waals surface area contributed by atoms with Gasteiger partial charge in [-0.3, -0.25) is 0 Å². The minimum absolute atomic E-state index is 0.192. The van der Waals surface area contributed by atoms with Gasteiger partial charge in [0.15, 0.2) is 0 Å². The standard InChI is InChI=1S/C17H20FN/c1-3-19-13(2)11-14-7-9-15(10-8-14)16-5-4-6-17(18)12-16/h4-10,12-13,19H,3,11H2,1-2H3. The normalized spacial score (nSPS) is 12.4. The molecule has 2 aromatic carbocycles. The molecule has 1 unspecified atom stereocenters. The van der Waals surface area contributed by atoms with Crippen molar-refractivity contribution in [1.29, 1.82) is 0 Å². The van der Waals surface area contributed by atoms with Crippen molar-refractivity contribution < 1.29 is 4.39 Å². The number of likely N-dealkylation sites (N-methyl/N-ethyl adjacent to an activating group) is 1. The van der Waals surface area contributed by atoms with E-state index in [2.05, 4.69) is 43.4 Å². The van der Waals surface area contributed by atoms with Crippen LogP contribution in [0.25, 0.3) is 11.1 Å². The summed E-state index contributed by atoms with van der Waals surface area (Å²) in [6, 6.07) is 15.5. The third-order valence-corrected chi connectivity index (χ3v) is 3.21. The van der Waals surface area contributed by atoms with Crippen LogP contribution in [-0.4, -0.2) is 12.6 Å². The molecule has 0 amide bonds. The van der Waals surface area contributed by atoms with E-state index in [0.29, 0.717) is 6.04 Å². The van der Waals surface area contributed by atoms with Crippen LogP contribution in [0.1, 0.15) is 19.4 Å². The topological polar surface area (TPSA) is 12.0 Å². The SMILES string of the molecule is CCNC(C)Cc1ccc(-c2cccc(F)c2)cc1. The van der Waals surface area contributed by atoms with Crippen molar-refractivity contribution in [3.8, 4) is 11.1 Å². The van der Waals surface area contributed by atoms with Gasteiger partial charge in [-0.25, -0.2) is 4.39 Å². The molecule has 100 valence electrons. The van der Waals surface area contributed by atoms with Gasteiger partial charge in [0.2, 0.25) is 0 Å². The van der Waals surface area contributed by atoms with Gasteiger partial charge in [0.1, 0.15) is 5.82 Å². The highest BCUT2D eigenvalue weighted by molar-refractivity contribution is 5.63. The summed E-state index contributed by atoms with van der Waals surface area (Å²) < 4.78 is 13.2. The Morgan fingerprint density at radius 2 is 1.79 bits per heavy atom. The zero-order chi connectivity index (χ0) is 13.7. The first kappa shape index (κ1) is 13.8. The molecule has 2 rings (SSSR count). The number of hydrogen-bond acceptors (Lipinski definition) is 1. The summed E-state index contributed by atoms with van der Waals surface area (Å²) in [5.74, 6) is -0.192. The molecule has 1 N–H and O–H groups in total. The summed E-state index contributed by atoms with van der Waals surface area (Å²) in [6.07, 6.45) is 1.01. The first-order valence-electron chi connectivity index (χ1n) is 6.77. The molecule has 19 heavy (non-hydrogen) atoms. The van der Waals surface area contributed by atoms with Crippen LogP contribution in [0.2, 0.25) is 0 Å². The minimum Gasteiger partial charge on any atom is -0.314 e. The van der Waals surface area contributed by atoms with E-state index in [1.165, 1.54) is 11.6 Å². The highest BCUT2D eigenvalue weighted by atomic mass is 19.1. The lowest BCUT2D eigenvalue weighted by Gasteiger charge is -2.12. The first-order valence-corrected chi connectivity index (χ1v) is 6.77. The molecule has 1 nitrogen and oxygen atoms in total. The van der Waals surface area contributed by atoms with Crippen LogP contribution in [0.4, 0.5) is 4.39 Å². The van der Waals surface area contributed by atoms with Crippen molar-refractivity contribution in [2.45, 2.75) is 26.3 Å². The summed E-state index contributed by atoms with van der Waals surface area (Å²) in [5, 5.41) is 3.40. The van der Waals surface area contributed by atoms with Crippen LogP contribution in [-0.2, 0) is 6.42 Å². The van der Waals surface area contributed by atoms with E-state index in [9.17, 15) is 4.39 Å². The lowest BCUT2D eigenvalue weighted by Crippen LogP contribution is -2.27. The van der Waals surface area contributed by atoms with Crippen LogP contribution in [0.5, 0.6) is 0 Å². The third-order valence-electron chi connectivity index (χ3n) is 3.21. The van der Waals surface area contributed by atoms with Crippen LogP contribution in [0.15, 0.2) is 48.5 Å². The van der Waals surface area contributed by atoms with Gasteiger partial charge in [-0.05, 0) is 48.7 Å². The molecule has 0 saturated carbocycles. The quantitative estimate of drug-likeness (QED) is 0.852. The van der Waals surface area contributed by atoms with Crippen molar-refractivity contribution in [1.82, 2.24) is 5.32 Å². The second-order valence-electron chi connectivity index (χ2n) is 4.87. The van der Waals surface area contributed by atoms with Crippen LogP contribution in [0.3, 0.4) is 0 Å². The maximum atomic E-state index is 13.2. The van der Waals surface area contributed by atoms with E-state index >= 15 is 0 Å². The van der Waals surface area contributed by atoms with Crippen molar-refractivity contribution >= 4 is 0 Å². The number of benzene rings is 2. The summed E-state index contributed by atoms with van der Waals surface area (Å²) in [4.78, 5) is 0. The molecule has 2 heteroatoms. The molecule has 0 spiro atoms. The highest BCUT2D eigenvalue weighted by Crippen LogP contribution is 2.20. The lowest BCUT2D eigenvalue weighted by molar-refractivity contribution is 0.565. The van der Waals surface area contributed by atoms with Gasteiger partial charge in [-0.1, -0.05) is 43.3 Å². The van der Waals surface area contributed by atoms with E-state index < -0.39 is 0 Å². The van der Waals surface area contributed by atoms with E-state index in [1.54, 1.807) is 12.1 Å². The van der Waals surface area contributed by atoms with Crippen LogP contribution in [0, 0.1) is 5.82 Å². The number of halogens is 1. The van der Waals surface area contributed by atoms with Gasteiger partial charge in [0.25, 0.3) is 0 Å². The van der Waals surface area contributed by atoms with Gasteiger partial charge in [0.05, 0.1) is 0 Å². The Labute approximate surface area is 114 Å². The molecule has 0 aliphatic carbocycles. The van der Waals surface area contributed by atoms with Crippen molar-refractivity contribution in [3.63, 3.8) is 0 Å². The fourth-order valence-corrected chi connectivity index (χ4v) is 2.28. The van der Waals surface area contributed by atoms with Crippen molar-refractivity contribution in [2.75, 3.05) is 6.54 Å². The molecule has 0 aliphatic rings. The summed E-state index contributed by atoms with van der Waals surface area (Å²) in [5.41, 5.74) is 3.28. The molecule has 0 heterocycles. The molecular formula is C17H20FN. The average Bonchev–Trinajstić information content (AvgIpc) is 2.40.